The highest BCUT2D eigenvalue weighted by atomic mass is 32.3. The van der Waals surface area contributed by atoms with Crippen molar-refractivity contribution in [3.63, 3.8) is 0 Å². The molecule has 2 amide bonds. The van der Waals surface area contributed by atoms with Crippen molar-refractivity contribution in [1.82, 2.24) is 10.3 Å². The van der Waals surface area contributed by atoms with Crippen LogP contribution in [0.5, 0.6) is 0 Å². The molecular weight excluding hydrogens is 418 g/mol. The lowest BCUT2D eigenvalue weighted by Crippen LogP contribution is -2.37. The Morgan fingerprint density at radius 2 is 1.81 bits per heavy atom. The smallest absolute Gasteiger partial charge is 0.227 e. The third kappa shape index (κ3) is 5.34. The number of aromatic nitrogens is 1. The van der Waals surface area contributed by atoms with Crippen molar-refractivity contribution in [2.45, 2.75) is 69.6 Å². The second-order valence-corrected chi connectivity index (χ2v) is 12.5. The number of carbonyl (C=O) groups is 2. The molecule has 0 aliphatic carbocycles. The van der Waals surface area contributed by atoms with Crippen LogP contribution in [0.2, 0.25) is 0 Å². The Labute approximate surface area is 194 Å². The zero-order valence-electron chi connectivity index (χ0n) is 19.7. The number of anilines is 1. The first-order valence-corrected chi connectivity index (χ1v) is 13.9. The molecule has 3 rings (SSSR count). The predicted molar refractivity (Wildman–Crippen MR) is 134 cm³/mol. The van der Waals surface area contributed by atoms with E-state index in [2.05, 4.69) is 54.2 Å². The number of unbranched alkanes of at least 4 members (excludes halogenated alkanes) is 2. The summed E-state index contributed by atoms with van der Waals surface area (Å²) >= 11 is 0. The molecule has 32 heavy (non-hydrogen) atoms. The van der Waals surface area contributed by atoms with Crippen molar-refractivity contribution in [3.8, 4) is 0 Å². The number of carbonyl (C=O) groups excluding carboxylic acids is 2. The number of para-hydroxylation sites is 1. The van der Waals surface area contributed by atoms with Gasteiger partial charge in [-0.2, -0.15) is 10.0 Å². The van der Waals surface area contributed by atoms with E-state index in [1.165, 1.54) is 4.90 Å². The molecule has 1 atom stereocenters. The summed E-state index contributed by atoms with van der Waals surface area (Å²) in [5.74, 6) is 2.55. The van der Waals surface area contributed by atoms with Gasteiger partial charge in [0.25, 0.3) is 0 Å². The number of fused-ring (bicyclic) bond motifs is 1. The first-order valence-electron chi connectivity index (χ1n) is 11.9. The highest BCUT2D eigenvalue weighted by molar-refractivity contribution is 8.34. The standard InChI is InChI=1S/C26H37N3O2S/c1-4-32(5-2)21(3)29(23-13-8-9-14-24(23)32)26(31)15-7-6-10-19-28-25(30)17-16-22-12-11-18-27-20-22/h8-9,11-14,18,20-21H,4-7,10,15-17,19H2,1-3H3,(H,28,30). The van der Waals surface area contributed by atoms with Crippen LogP contribution < -0.4 is 10.2 Å². The van der Waals surface area contributed by atoms with Crippen LogP contribution in [0.3, 0.4) is 0 Å². The summed E-state index contributed by atoms with van der Waals surface area (Å²) in [6.45, 7) is 7.44. The van der Waals surface area contributed by atoms with E-state index in [0.717, 1.165) is 42.0 Å². The Bertz CT molecular complexity index is 899. The lowest BCUT2D eigenvalue weighted by atomic mass is 10.1. The van der Waals surface area contributed by atoms with Gasteiger partial charge >= 0.3 is 0 Å². The van der Waals surface area contributed by atoms with Gasteiger partial charge in [-0.05, 0) is 61.5 Å². The van der Waals surface area contributed by atoms with E-state index >= 15 is 0 Å². The molecule has 0 saturated heterocycles. The molecule has 6 heteroatoms. The second-order valence-electron chi connectivity index (χ2n) is 8.37. The topological polar surface area (TPSA) is 62.3 Å². The summed E-state index contributed by atoms with van der Waals surface area (Å²) in [6, 6.07) is 12.4. The van der Waals surface area contributed by atoms with Crippen molar-refractivity contribution in [3.05, 3.63) is 54.4 Å². The maximum absolute atomic E-state index is 13.2. The number of rotatable bonds is 11. The monoisotopic (exact) mass is 455 g/mol. The van der Waals surface area contributed by atoms with Crippen molar-refractivity contribution >= 4 is 27.5 Å². The lowest BCUT2D eigenvalue weighted by molar-refractivity contribution is -0.121. The first kappa shape index (κ1) is 24.3. The van der Waals surface area contributed by atoms with Crippen LogP contribution >= 0.6 is 10.0 Å². The highest BCUT2D eigenvalue weighted by Crippen LogP contribution is 2.67. The van der Waals surface area contributed by atoms with Gasteiger partial charge in [0.05, 0.1) is 11.1 Å². The van der Waals surface area contributed by atoms with Gasteiger partial charge in [0.15, 0.2) is 0 Å². The Morgan fingerprint density at radius 3 is 2.53 bits per heavy atom. The van der Waals surface area contributed by atoms with Crippen LogP contribution in [-0.4, -0.2) is 40.2 Å². The van der Waals surface area contributed by atoms with E-state index < -0.39 is 10.0 Å². The van der Waals surface area contributed by atoms with Gasteiger partial charge in [-0.25, -0.2) is 0 Å². The van der Waals surface area contributed by atoms with E-state index in [9.17, 15) is 9.59 Å². The van der Waals surface area contributed by atoms with Gasteiger partial charge in [0.2, 0.25) is 11.8 Å². The second kappa shape index (κ2) is 11.5. The third-order valence-electron chi connectivity index (χ3n) is 6.63. The van der Waals surface area contributed by atoms with Crippen LogP contribution in [0.1, 0.15) is 58.4 Å². The molecule has 2 heterocycles. The highest BCUT2D eigenvalue weighted by Gasteiger charge is 2.44. The molecule has 0 saturated carbocycles. The van der Waals surface area contributed by atoms with Crippen LogP contribution in [0.25, 0.3) is 0 Å². The van der Waals surface area contributed by atoms with Crippen molar-refractivity contribution in [2.75, 3.05) is 23.0 Å². The SMILES string of the molecule is CCS1(CC)c2ccccc2N(C(=O)CCCCCNC(=O)CCc2cccnc2)C1C. The van der Waals surface area contributed by atoms with Gasteiger partial charge in [0, 0.05) is 36.7 Å². The van der Waals surface area contributed by atoms with Crippen LogP contribution in [0.15, 0.2) is 53.7 Å². The predicted octanol–water partition coefficient (Wildman–Crippen LogP) is 5.29. The molecule has 1 aromatic heterocycles. The number of benzene rings is 1. The first-order chi connectivity index (χ1) is 15.5. The van der Waals surface area contributed by atoms with Crippen LogP contribution in [-0.2, 0) is 16.0 Å². The Hall–Kier alpha value is -2.34. The molecule has 1 aliphatic rings. The zero-order chi connectivity index (χ0) is 23.0. The number of nitrogens with one attached hydrogen (secondary N) is 1. The number of hydrogen-bond acceptors (Lipinski definition) is 3. The summed E-state index contributed by atoms with van der Waals surface area (Å²) in [6.07, 6.45) is 8.00. The van der Waals surface area contributed by atoms with Crippen LogP contribution in [0.4, 0.5) is 5.69 Å². The summed E-state index contributed by atoms with van der Waals surface area (Å²) in [4.78, 5) is 32.7. The number of pyridine rings is 1. The molecule has 1 unspecified atom stereocenters. The molecule has 0 radical (unpaired) electrons. The normalized spacial score (nSPS) is 17.6. The molecular formula is C26H37N3O2S. The largest absolute Gasteiger partial charge is 0.356 e. The third-order valence-corrected chi connectivity index (χ3v) is 11.4. The number of nitrogens with zero attached hydrogens (tertiary/aromatic N) is 2. The average Bonchev–Trinajstić information content (AvgIpc) is 3.08. The van der Waals surface area contributed by atoms with Crippen LogP contribution in [0, 0.1) is 0 Å². The Kier molecular flexibility index (Phi) is 8.74. The molecule has 0 spiro atoms. The number of amides is 2. The zero-order valence-corrected chi connectivity index (χ0v) is 20.5. The van der Waals surface area contributed by atoms with E-state index in [0.29, 0.717) is 25.8 Å². The van der Waals surface area contributed by atoms with Crippen molar-refractivity contribution in [2.24, 2.45) is 0 Å². The molecule has 0 bridgehead atoms. The number of aryl methyl sites for hydroxylation is 1. The molecule has 2 aromatic rings. The van der Waals surface area contributed by atoms with E-state index in [1.54, 1.807) is 12.4 Å². The lowest BCUT2D eigenvalue weighted by Gasteiger charge is -2.40. The average molecular weight is 456 g/mol. The molecule has 0 fully saturated rings. The molecule has 174 valence electrons. The van der Waals surface area contributed by atoms with E-state index in [-0.39, 0.29) is 17.2 Å². The maximum Gasteiger partial charge on any atom is 0.227 e. The summed E-state index contributed by atoms with van der Waals surface area (Å²) < 4.78 is 0. The summed E-state index contributed by atoms with van der Waals surface area (Å²) in [5, 5.41) is 3.26. The maximum atomic E-state index is 13.2. The summed E-state index contributed by atoms with van der Waals surface area (Å²) in [7, 11) is -0.990. The van der Waals surface area contributed by atoms with Gasteiger partial charge in [0.1, 0.15) is 0 Å². The minimum absolute atomic E-state index is 0.0749. The minimum atomic E-state index is -0.990. The van der Waals surface area contributed by atoms with Gasteiger partial charge < -0.3 is 10.2 Å². The van der Waals surface area contributed by atoms with E-state index in [1.807, 2.05) is 18.2 Å². The molecule has 1 aliphatic heterocycles. The fraction of sp³-hybridized carbons (Fsp3) is 0.500. The fourth-order valence-corrected chi connectivity index (χ4v) is 8.66. The van der Waals surface area contributed by atoms with Gasteiger partial charge in [-0.15, -0.1) is 0 Å². The van der Waals surface area contributed by atoms with E-state index in [4.69, 9.17) is 0 Å². The van der Waals surface area contributed by atoms with Gasteiger partial charge in [-0.1, -0.05) is 38.5 Å². The Balaban J connectivity index is 1.40. The van der Waals surface area contributed by atoms with Crippen molar-refractivity contribution < 1.29 is 9.59 Å². The quantitative estimate of drug-likeness (QED) is 0.469. The Morgan fingerprint density at radius 1 is 1.03 bits per heavy atom. The van der Waals surface area contributed by atoms with Gasteiger partial charge in [-0.3, -0.25) is 14.6 Å². The molecule has 1 N–H and O–H groups in total. The van der Waals surface area contributed by atoms with Crippen molar-refractivity contribution in [1.29, 1.82) is 0 Å². The molecule has 1 aromatic carbocycles. The fourth-order valence-electron chi connectivity index (χ4n) is 4.73. The molecule has 5 nitrogen and oxygen atoms in total. The summed E-state index contributed by atoms with van der Waals surface area (Å²) in [5.41, 5.74) is 2.21. The minimum Gasteiger partial charge on any atom is -0.356 e. The number of hydrogen-bond donors (Lipinski definition) is 1.